The lowest BCUT2D eigenvalue weighted by atomic mass is 9.83. The first-order valence-electron chi connectivity index (χ1n) is 15.3. The number of rotatable bonds is 7. The van der Waals surface area contributed by atoms with Crippen molar-refractivity contribution >= 4 is 54.4 Å². The van der Waals surface area contributed by atoms with Gasteiger partial charge in [0.2, 0.25) is 0 Å². The van der Waals surface area contributed by atoms with Crippen LogP contribution in [0.1, 0.15) is 12.5 Å². The summed E-state index contributed by atoms with van der Waals surface area (Å²) in [6.07, 6.45) is 7.44. The van der Waals surface area contributed by atoms with Crippen molar-refractivity contribution in [2.24, 2.45) is 0 Å². The van der Waals surface area contributed by atoms with Crippen molar-refractivity contribution in [2.75, 3.05) is 0 Å². The Bertz CT molecular complexity index is 2370. The number of allylic oxidation sites excluding steroid dienone is 6. The molecule has 1 N–H and O–H groups in total. The average Bonchev–Trinajstić information content (AvgIpc) is 3.09. The van der Waals surface area contributed by atoms with Crippen LogP contribution < -0.4 is 0 Å². The van der Waals surface area contributed by atoms with Gasteiger partial charge in [-0.2, -0.15) is 0 Å². The van der Waals surface area contributed by atoms with Gasteiger partial charge in [-0.05, 0) is 107 Å². The number of nitrogens with one attached hydrogen (secondary N) is 1. The van der Waals surface area contributed by atoms with E-state index in [1.807, 2.05) is 25.2 Å². The topological polar surface area (TPSA) is 23.9 Å². The lowest BCUT2D eigenvalue weighted by Gasteiger charge is -2.20. The molecule has 1 nitrogen and oxygen atoms in total. The Balaban J connectivity index is 1.55. The zero-order chi connectivity index (χ0) is 30.9. The van der Waals surface area contributed by atoms with E-state index in [-0.39, 0.29) is 0 Å². The quantitative estimate of drug-likeness (QED) is 0.0846. The van der Waals surface area contributed by atoms with Crippen LogP contribution in [-0.4, -0.2) is 5.71 Å². The molecule has 0 amide bonds. The van der Waals surface area contributed by atoms with Crippen LogP contribution in [0.15, 0.2) is 170 Å². The molecule has 45 heavy (non-hydrogen) atoms. The Morgan fingerprint density at radius 2 is 1.13 bits per heavy atom. The van der Waals surface area contributed by atoms with Crippen molar-refractivity contribution in [1.29, 1.82) is 5.41 Å². The fourth-order valence-corrected chi connectivity index (χ4v) is 6.52. The van der Waals surface area contributed by atoms with Crippen LogP contribution in [0.4, 0.5) is 0 Å². The van der Waals surface area contributed by atoms with Crippen molar-refractivity contribution in [3.05, 3.63) is 176 Å². The molecule has 0 unspecified atom stereocenters. The molecule has 0 aliphatic carbocycles. The van der Waals surface area contributed by atoms with E-state index in [4.69, 9.17) is 5.41 Å². The van der Waals surface area contributed by atoms with Gasteiger partial charge in [0.15, 0.2) is 0 Å². The summed E-state index contributed by atoms with van der Waals surface area (Å²) in [5.41, 5.74) is 7.76. The Kier molecular flexibility index (Phi) is 7.29. The summed E-state index contributed by atoms with van der Waals surface area (Å²) in [5.74, 6) is 0. The summed E-state index contributed by atoms with van der Waals surface area (Å²) < 4.78 is 0. The molecule has 7 aromatic carbocycles. The summed E-state index contributed by atoms with van der Waals surface area (Å²) >= 11 is 0. The largest absolute Gasteiger partial charge is 0.300 e. The van der Waals surface area contributed by atoms with Gasteiger partial charge in [-0.25, -0.2) is 0 Å². The van der Waals surface area contributed by atoms with E-state index in [0.717, 1.165) is 11.1 Å². The maximum atomic E-state index is 8.39. The highest BCUT2D eigenvalue weighted by Crippen LogP contribution is 2.47. The summed E-state index contributed by atoms with van der Waals surface area (Å²) in [4.78, 5) is 0. The first-order valence-corrected chi connectivity index (χ1v) is 15.3. The van der Waals surface area contributed by atoms with Crippen LogP contribution in [0, 0.1) is 5.41 Å². The molecule has 0 fully saturated rings. The smallest absolute Gasteiger partial charge is 0.0606 e. The van der Waals surface area contributed by atoms with Gasteiger partial charge in [-0.3, -0.25) is 0 Å². The van der Waals surface area contributed by atoms with Crippen molar-refractivity contribution in [2.45, 2.75) is 6.92 Å². The lowest BCUT2D eigenvalue weighted by Crippen LogP contribution is -1.94. The summed E-state index contributed by atoms with van der Waals surface area (Å²) in [6, 6.07) is 45.9. The molecule has 7 rings (SSSR count). The van der Waals surface area contributed by atoms with Crippen LogP contribution in [0.3, 0.4) is 0 Å². The minimum atomic E-state index is 0.372. The molecule has 0 aliphatic heterocycles. The van der Waals surface area contributed by atoms with Gasteiger partial charge in [0.25, 0.3) is 0 Å². The molecule has 0 saturated heterocycles. The van der Waals surface area contributed by atoms with Gasteiger partial charge in [-0.15, -0.1) is 0 Å². The van der Waals surface area contributed by atoms with Gasteiger partial charge < -0.3 is 5.41 Å². The minimum absolute atomic E-state index is 0.372. The summed E-state index contributed by atoms with van der Waals surface area (Å²) in [7, 11) is 0. The molecule has 0 spiro atoms. The monoisotopic (exact) mass is 575 g/mol. The molecule has 214 valence electrons. The molecule has 0 saturated carbocycles. The first kappa shape index (κ1) is 28.0. The van der Waals surface area contributed by atoms with Crippen molar-refractivity contribution < 1.29 is 0 Å². The van der Waals surface area contributed by atoms with E-state index in [1.54, 1.807) is 6.08 Å². The average molecular weight is 576 g/mol. The van der Waals surface area contributed by atoms with Crippen molar-refractivity contribution in [3.8, 4) is 22.3 Å². The third-order valence-corrected chi connectivity index (χ3v) is 8.66. The second kappa shape index (κ2) is 11.7. The Morgan fingerprint density at radius 3 is 1.87 bits per heavy atom. The highest BCUT2D eigenvalue weighted by atomic mass is 14.4. The van der Waals surface area contributed by atoms with E-state index in [1.165, 1.54) is 65.3 Å². The maximum absolute atomic E-state index is 8.39. The first-order chi connectivity index (χ1) is 22.0. The minimum Gasteiger partial charge on any atom is -0.300 e. The zero-order valence-corrected chi connectivity index (χ0v) is 25.3. The Hall–Kier alpha value is -5.79. The molecule has 7 aromatic rings. The van der Waals surface area contributed by atoms with E-state index in [0.29, 0.717) is 11.3 Å². The Labute approximate surface area is 264 Å². The maximum Gasteiger partial charge on any atom is 0.0606 e. The molecule has 0 bridgehead atoms. The number of fused-ring (bicyclic) bond motifs is 5. The molecule has 0 aromatic heterocycles. The fraction of sp³-hybridized carbons (Fsp3) is 0.0227. The van der Waals surface area contributed by atoms with Gasteiger partial charge in [0, 0.05) is 0 Å². The predicted octanol–water partition coefficient (Wildman–Crippen LogP) is 12.4. The fourth-order valence-electron chi connectivity index (χ4n) is 6.52. The second-order valence-corrected chi connectivity index (χ2v) is 11.4. The standard InChI is InChI=1S/C44H33N/c1-4-14-30(3)42(45)26-23-29(2)32-24-25-39-41(27-32)43(31-15-6-5-7-16-31)37-21-12-13-22-38(37)44(39)40-28-33-17-8-9-18-34(33)35-19-10-11-20-36(35)40/h4-28,45H,2-3H2,1H3/b14-4-,26-23-,45-42?. The van der Waals surface area contributed by atoms with Gasteiger partial charge >= 0.3 is 0 Å². The summed E-state index contributed by atoms with van der Waals surface area (Å²) in [5, 5.41) is 18.2. The van der Waals surface area contributed by atoms with Crippen molar-refractivity contribution in [1.82, 2.24) is 0 Å². The van der Waals surface area contributed by atoms with Crippen LogP contribution in [0.5, 0.6) is 0 Å². The zero-order valence-electron chi connectivity index (χ0n) is 25.3. The van der Waals surface area contributed by atoms with Crippen LogP contribution in [-0.2, 0) is 0 Å². The number of benzene rings is 7. The third kappa shape index (κ3) is 4.99. The molecular formula is C44H33N. The van der Waals surface area contributed by atoms with Crippen molar-refractivity contribution in [3.63, 3.8) is 0 Å². The van der Waals surface area contributed by atoms with Crippen LogP contribution in [0.25, 0.3) is 70.9 Å². The van der Waals surface area contributed by atoms with E-state index in [9.17, 15) is 0 Å². The highest BCUT2D eigenvalue weighted by Gasteiger charge is 2.19. The molecule has 0 radical (unpaired) electrons. The van der Waals surface area contributed by atoms with Gasteiger partial charge in [0.05, 0.1) is 5.71 Å². The van der Waals surface area contributed by atoms with Crippen LogP contribution >= 0.6 is 0 Å². The molecular weight excluding hydrogens is 542 g/mol. The van der Waals surface area contributed by atoms with Gasteiger partial charge in [0.1, 0.15) is 0 Å². The SMILES string of the molecule is C=C(/C=C\C)C(=N)/C=C\C(=C)c1ccc2c(-c3cc4ccccc4c4ccccc34)c3ccccc3c(-c3ccccc3)c2c1. The van der Waals surface area contributed by atoms with E-state index >= 15 is 0 Å². The molecule has 0 atom stereocenters. The molecule has 0 heterocycles. The highest BCUT2D eigenvalue weighted by molar-refractivity contribution is 6.26. The third-order valence-electron chi connectivity index (χ3n) is 8.66. The Morgan fingerprint density at radius 1 is 0.533 bits per heavy atom. The van der Waals surface area contributed by atoms with Gasteiger partial charge in [-0.1, -0.05) is 147 Å². The molecule has 1 heteroatoms. The normalized spacial score (nSPS) is 11.8. The molecule has 0 aliphatic rings. The lowest BCUT2D eigenvalue weighted by molar-refractivity contribution is 1.51. The second-order valence-electron chi connectivity index (χ2n) is 11.4. The number of hydrogen-bond donors (Lipinski definition) is 1. The van der Waals surface area contributed by atoms with Crippen LogP contribution in [0.2, 0.25) is 0 Å². The summed E-state index contributed by atoms with van der Waals surface area (Å²) in [6.45, 7) is 10.3. The number of hydrogen-bond acceptors (Lipinski definition) is 1. The van der Waals surface area contributed by atoms with E-state index in [2.05, 4.69) is 141 Å². The predicted molar refractivity (Wildman–Crippen MR) is 197 cm³/mol. The van der Waals surface area contributed by atoms with E-state index < -0.39 is 0 Å².